The number of rotatable bonds is 3. The van der Waals surface area contributed by atoms with Crippen LogP contribution in [0.5, 0.6) is 5.75 Å². The lowest BCUT2D eigenvalue weighted by molar-refractivity contribution is 0.333. The Balaban J connectivity index is 1.56. The number of pyridine rings is 1. The standard InChI is InChI=1S/C24H29N3O/c1-17-10-13-27-16-21(26-22(27)14-17)20-9-8-19(15-18(20)2)28-23(25)24(3)11-6-4-5-7-12-24/h8-10,13-16,25H,4-7,11-12H2,1-3H3. The number of hydrogen-bond acceptors (Lipinski definition) is 3. The molecular formula is C24H29N3O. The van der Waals surface area contributed by atoms with E-state index in [1.807, 2.05) is 18.3 Å². The van der Waals surface area contributed by atoms with Gasteiger partial charge >= 0.3 is 0 Å². The minimum atomic E-state index is -0.136. The number of fused-ring (bicyclic) bond motifs is 1. The summed E-state index contributed by atoms with van der Waals surface area (Å²) in [5.41, 5.74) is 5.19. The first-order valence-electron chi connectivity index (χ1n) is 10.3. The van der Waals surface area contributed by atoms with Gasteiger partial charge in [0.05, 0.1) is 5.69 Å². The van der Waals surface area contributed by atoms with Gasteiger partial charge in [-0.25, -0.2) is 4.98 Å². The van der Waals surface area contributed by atoms with Crippen LogP contribution < -0.4 is 4.74 Å². The van der Waals surface area contributed by atoms with Crippen molar-refractivity contribution in [3.05, 3.63) is 53.9 Å². The summed E-state index contributed by atoms with van der Waals surface area (Å²) in [5.74, 6) is 1.15. The highest BCUT2D eigenvalue weighted by atomic mass is 16.5. The fourth-order valence-corrected chi connectivity index (χ4v) is 4.18. The van der Waals surface area contributed by atoms with Crippen molar-refractivity contribution in [2.24, 2.45) is 5.41 Å². The molecule has 4 nitrogen and oxygen atoms in total. The summed E-state index contributed by atoms with van der Waals surface area (Å²) in [6.45, 7) is 6.34. The number of aryl methyl sites for hydroxylation is 2. The monoisotopic (exact) mass is 375 g/mol. The van der Waals surface area contributed by atoms with Gasteiger partial charge < -0.3 is 9.14 Å². The van der Waals surface area contributed by atoms with Crippen LogP contribution in [0.4, 0.5) is 0 Å². The van der Waals surface area contributed by atoms with E-state index in [-0.39, 0.29) is 5.41 Å². The van der Waals surface area contributed by atoms with Gasteiger partial charge in [-0.15, -0.1) is 0 Å². The molecule has 0 amide bonds. The van der Waals surface area contributed by atoms with Crippen molar-refractivity contribution >= 4 is 11.5 Å². The lowest BCUT2D eigenvalue weighted by Gasteiger charge is -2.28. The molecule has 0 atom stereocenters. The van der Waals surface area contributed by atoms with Gasteiger partial charge in [0.15, 0.2) is 5.90 Å². The molecule has 0 aliphatic heterocycles. The summed E-state index contributed by atoms with van der Waals surface area (Å²) in [6, 6.07) is 10.2. The summed E-state index contributed by atoms with van der Waals surface area (Å²) in [4.78, 5) is 4.77. The highest BCUT2D eigenvalue weighted by molar-refractivity contribution is 5.82. The smallest absolute Gasteiger partial charge is 0.193 e. The second-order valence-electron chi connectivity index (χ2n) is 8.48. The SMILES string of the molecule is Cc1ccn2cc(-c3ccc(OC(=N)C4(C)CCCCCC4)cc3C)nc2c1. The van der Waals surface area contributed by atoms with Crippen LogP contribution in [0.2, 0.25) is 0 Å². The van der Waals surface area contributed by atoms with Gasteiger partial charge in [0.25, 0.3) is 0 Å². The minimum absolute atomic E-state index is 0.136. The molecular weight excluding hydrogens is 346 g/mol. The van der Waals surface area contributed by atoms with Crippen molar-refractivity contribution in [2.45, 2.75) is 59.3 Å². The van der Waals surface area contributed by atoms with E-state index in [1.165, 1.54) is 31.2 Å². The Morgan fingerprint density at radius 3 is 2.54 bits per heavy atom. The Morgan fingerprint density at radius 2 is 1.82 bits per heavy atom. The van der Waals surface area contributed by atoms with Gasteiger partial charge in [-0.1, -0.05) is 32.6 Å². The summed E-state index contributed by atoms with van der Waals surface area (Å²) in [7, 11) is 0. The van der Waals surface area contributed by atoms with Crippen molar-refractivity contribution in [3.63, 3.8) is 0 Å². The normalized spacial score (nSPS) is 16.7. The fourth-order valence-electron chi connectivity index (χ4n) is 4.18. The molecule has 0 saturated heterocycles. The lowest BCUT2D eigenvalue weighted by atomic mass is 9.82. The van der Waals surface area contributed by atoms with Gasteiger partial charge in [-0.3, -0.25) is 5.41 Å². The van der Waals surface area contributed by atoms with E-state index in [9.17, 15) is 0 Å². The predicted molar refractivity (Wildman–Crippen MR) is 114 cm³/mol. The second-order valence-corrected chi connectivity index (χ2v) is 8.48. The molecule has 1 aliphatic rings. The van der Waals surface area contributed by atoms with Crippen LogP contribution in [0.1, 0.15) is 56.6 Å². The quantitative estimate of drug-likeness (QED) is 0.330. The molecule has 2 heterocycles. The fraction of sp³-hybridized carbons (Fsp3) is 0.417. The minimum Gasteiger partial charge on any atom is -0.443 e. The molecule has 0 spiro atoms. The van der Waals surface area contributed by atoms with Crippen LogP contribution >= 0.6 is 0 Å². The van der Waals surface area contributed by atoms with Crippen molar-refractivity contribution in [1.82, 2.24) is 9.38 Å². The summed E-state index contributed by atoms with van der Waals surface area (Å²) in [6.07, 6.45) is 11.1. The first-order valence-corrected chi connectivity index (χ1v) is 10.3. The molecule has 146 valence electrons. The Morgan fingerprint density at radius 1 is 1.07 bits per heavy atom. The van der Waals surface area contributed by atoms with E-state index in [2.05, 4.69) is 49.6 Å². The molecule has 3 aromatic rings. The number of hydrogen-bond donors (Lipinski definition) is 1. The van der Waals surface area contributed by atoms with E-state index in [1.54, 1.807) is 0 Å². The van der Waals surface area contributed by atoms with E-state index >= 15 is 0 Å². The highest BCUT2D eigenvalue weighted by Gasteiger charge is 2.32. The van der Waals surface area contributed by atoms with E-state index in [0.717, 1.165) is 41.1 Å². The highest BCUT2D eigenvalue weighted by Crippen LogP contribution is 2.36. The van der Waals surface area contributed by atoms with E-state index in [4.69, 9.17) is 15.1 Å². The molecule has 1 aromatic carbocycles. The zero-order valence-corrected chi connectivity index (χ0v) is 17.1. The Bertz CT molecular complexity index is 1010. The van der Waals surface area contributed by atoms with Gasteiger partial charge in [0, 0.05) is 23.4 Å². The predicted octanol–water partition coefficient (Wildman–Crippen LogP) is 6.33. The van der Waals surface area contributed by atoms with Gasteiger partial charge in [0.2, 0.25) is 0 Å². The maximum atomic E-state index is 8.56. The molecule has 4 heteroatoms. The van der Waals surface area contributed by atoms with E-state index < -0.39 is 0 Å². The number of imidazole rings is 1. The molecule has 1 fully saturated rings. The van der Waals surface area contributed by atoms with Crippen LogP contribution in [-0.2, 0) is 0 Å². The molecule has 28 heavy (non-hydrogen) atoms. The molecule has 1 aliphatic carbocycles. The zero-order chi connectivity index (χ0) is 19.7. The maximum Gasteiger partial charge on any atom is 0.193 e. The third-order valence-corrected chi connectivity index (χ3v) is 6.06. The molecule has 2 aromatic heterocycles. The summed E-state index contributed by atoms with van der Waals surface area (Å²) < 4.78 is 8.07. The third kappa shape index (κ3) is 3.68. The Kier molecular flexibility index (Phi) is 4.96. The maximum absolute atomic E-state index is 8.56. The molecule has 0 unspecified atom stereocenters. The third-order valence-electron chi connectivity index (χ3n) is 6.06. The van der Waals surface area contributed by atoms with Gasteiger partial charge in [-0.2, -0.15) is 0 Å². The Labute approximate surface area is 167 Å². The summed E-state index contributed by atoms with van der Waals surface area (Å²) in [5, 5.41) is 8.56. The van der Waals surface area contributed by atoms with Crippen LogP contribution in [-0.4, -0.2) is 15.3 Å². The van der Waals surface area contributed by atoms with Crippen LogP contribution in [0.25, 0.3) is 16.9 Å². The molecule has 1 saturated carbocycles. The van der Waals surface area contributed by atoms with Crippen molar-refractivity contribution in [1.29, 1.82) is 5.41 Å². The van der Waals surface area contributed by atoms with Gasteiger partial charge in [-0.05, 0) is 68.1 Å². The first kappa shape index (κ1) is 18.7. The molecule has 0 radical (unpaired) electrons. The number of aromatic nitrogens is 2. The summed E-state index contributed by atoms with van der Waals surface area (Å²) >= 11 is 0. The first-order chi connectivity index (χ1) is 13.4. The average Bonchev–Trinajstić information content (AvgIpc) is 2.93. The molecule has 4 rings (SSSR count). The Hall–Kier alpha value is -2.62. The average molecular weight is 376 g/mol. The van der Waals surface area contributed by atoms with Crippen LogP contribution in [0.3, 0.4) is 0 Å². The molecule has 0 bridgehead atoms. The number of nitrogens with one attached hydrogen (secondary N) is 1. The van der Waals surface area contributed by atoms with Gasteiger partial charge in [0.1, 0.15) is 11.4 Å². The number of nitrogens with zero attached hydrogens (tertiary/aromatic N) is 2. The molecule has 1 N–H and O–H groups in total. The number of benzene rings is 1. The zero-order valence-electron chi connectivity index (χ0n) is 17.1. The largest absolute Gasteiger partial charge is 0.443 e. The lowest BCUT2D eigenvalue weighted by Crippen LogP contribution is -2.31. The van der Waals surface area contributed by atoms with Crippen molar-refractivity contribution < 1.29 is 4.74 Å². The van der Waals surface area contributed by atoms with Crippen molar-refractivity contribution in [3.8, 4) is 17.0 Å². The second kappa shape index (κ2) is 7.42. The van der Waals surface area contributed by atoms with Crippen LogP contribution in [0, 0.1) is 24.7 Å². The van der Waals surface area contributed by atoms with E-state index in [0.29, 0.717) is 5.90 Å². The number of ether oxygens (including phenoxy) is 1. The van der Waals surface area contributed by atoms with Crippen LogP contribution in [0.15, 0.2) is 42.7 Å². The van der Waals surface area contributed by atoms with Crippen molar-refractivity contribution in [2.75, 3.05) is 0 Å². The topological polar surface area (TPSA) is 50.4 Å².